The normalized spacial score (nSPS) is 21.7. The zero-order chi connectivity index (χ0) is 15.8. The summed E-state index contributed by atoms with van der Waals surface area (Å²) in [6, 6.07) is 3.14. The molecule has 1 unspecified atom stereocenters. The Morgan fingerprint density at radius 3 is 2.57 bits per heavy atom. The molecule has 0 spiro atoms. The van der Waals surface area contributed by atoms with Crippen LogP contribution in [-0.4, -0.2) is 50.3 Å². The van der Waals surface area contributed by atoms with Crippen molar-refractivity contribution < 1.29 is 8.42 Å². The van der Waals surface area contributed by atoms with Crippen LogP contribution in [0.25, 0.3) is 0 Å². The number of rotatable bonds is 3. The second-order valence-electron chi connectivity index (χ2n) is 5.23. The van der Waals surface area contributed by atoms with Gasteiger partial charge in [0, 0.05) is 42.8 Å². The second-order valence-corrected chi connectivity index (χ2v) is 7.93. The maximum Gasteiger partial charge on any atom is 0.244 e. The van der Waals surface area contributed by atoms with Gasteiger partial charge in [-0.3, -0.25) is 0 Å². The minimum Gasteiger partial charge on any atom is -0.326 e. The van der Waals surface area contributed by atoms with Crippen molar-refractivity contribution in [1.82, 2.24) is 9.21 Å². The first kappa shape index (κ1) is 17.0. The lowest BCUT2D eigenvalue weighted by Crippen LogP contribution is -2.51. The molecule has 8 heteroatoms. The van der Waals surface area contributed by atoms with Crippen LogP contribution in [0.3, 0.4) is 0 Å². The number of likely N-dealkylation sites (N-methyl/N-ethyl adjacent to an activating group) is 1. The van der Waals surface area contributed by atoms with Crippen molar-refractivity contribution >= 4 is 33.2 Å². The van der Waals surface area contributed by atoms with Gasteiger partial charge in [0.2, 0.25) is 10.0 Å². The molecule has 1 aliphatic heterocycles. The zero-order valence-electron chi connectivity index (χ0n) is 12.0. The number of hydrogen-bond acceptors (Lipinski definition) is 4. The second kappa shape index (κ2) is 6.40. The highest BCUT2D eigenvalue weighted by Gasteiger charge is 2.32. The Kier molecular flexibility index (Phi) is 5.18. The number of nitrogens with two attached hydrogens (primary N) is 1. The molecule has 0 radical (unpaired) electrons. The molecule has 2 N–H and O–H groups in total. The highest BCUT2D eigenvalue weighted by molar-refractivity contribution is 7.89. The van der Waals surface area contributed by atoms with Crippen LogP contribution < -0.4 is 5.73 Å². The van der Waals surface area contributed by atoms with Gasteiger partial charge < -0.3 is 10.6 Å². The number of piperazine rings is 1. The average molecular weight is 352 g/mol. The Bertz CT molecular complexity index is 637. The molecule has 5 nitrogen and oxygen atoms in total. The summed E-state index contributed by atoms with van der Waals surface area (Å²) in [5.74, 6) is 0. The third-order valence-electron chi connectivity index (χ3n) is 3.89. The number of halogens is 2. The molecule has 1 fully saturated rings. The average Bonchev–Trinajstić information content (AvgIpc) is 2.42. The van der Waals surface area contributed by atoms with E-state index < -0.39 is 10.0 Å². The van der Waals surface area contributed by atoms with Crippen molar-refractivity contribution in [2.75, 3.05) is 26.7 Å². The zero-order valence-corrected chi connectivity index (χ0v) is 14.3. The predicted octanol–water partition coefficient (Wildman–Crippen LogP) is 1.78. The number of sulfonamides is 1. The van der Waals surface area contributed by atoms with Gasteiger partial charge in [-0.15, -0.1) is 0 Å². The van der Waals surface area contributed by atoms with Crippen LogP contribution in [-0.2, 0) is 16.6 Å². The molecular weight excluding hydrogens is 333 g/mol. The fourth-order valence-electron chi connectivity index (χ4n) is 2.33. The van der Waals surface area contributed by atoms with Gasteiger partial charge in [-0.05, 0) is 26.1 Å². The van der Waals surface area contributed by atoms with Crippen LogP contribution in [0.4, 0.5) is 0 Å². The Morgan fingerprint density at radius 2 is 2.00 bits per heavy atom. The van der Waals surface area contributed by atoms with E-state index in [0.717, 1.165) is 0 Å². The van der Waals surface area contributed by atoms with Gasteiger partial charge in [0.05, 0.1) is 5.02 Å². The lowest BCUT2D eigenvalue weighted by Gasteiger charge is -2.37. The highest BCUT2D eigenvalue weighted by Crippen LogP contribution is 2.33. The molecule has 0 aromatic heterocycles. The molecule has 0 aliphatic carbocycles. The number of hydrogen-bond donors (Lipinski definition) is 1. The molecule has 1 aromatic rings. The summed E-state index contributed by atoms with van der Waals surface area (Å²) in [6.45, 7) is 3.67. The minimum atomic E-state index is -3.64. The van der Waals surface area contributed by atoms with Crippen LogP contribution in [0.2, 0.25) is 10.0 Å². The monoisotopic (exact) mass is 351 g/mol. The molecule has 0 amide bonds. The third kappa shape index (κ3) is 3.21. The Balaban J connectivity index is 2.41. The Hall–Kier alpha value is -0.370. The van der Waals surface area contributed by atoms with E-state index in [-0.39, 0.29) is 22.5 Å². The molecule has 1 saturated heterocycles. The van der Waals surface area contributed by atoms with Crippen LogP contribution in [0, 0.1) is 0 Å². The van der Waals surface area contributed by atoms with Gasteiger partial charge >= 0.3 is 0 Å². The van der Waals surface area contributed by atoms with E-state index in [1.807, 2.05) is 14.0 Å². The lowest BCUT2D eigenvalue weighted by atomic mass is 10.2. The third-order valence-corrected chi connectivity index (χ3v) is 6.70. The molecule has 0 bridgehead atoms. The first-order valence-corrected chi connectivity index (χ1v) is 8.86. The molecule has 1 atom stereocenters. The van der Waals surface area contributed by atoms with E-state index in [1.54, 1.807) is 0 Å². The van der Waals surface area contributed by atoms with Gasteiger partial charge in [-0.1, -0.05) is 23.2 Å². The number of benzene rings is 1. The smallest absolute Gasteiger partial charge is 0.244 e. The summed E-state index contributed by atoms with van der Waals surface area (Å²) in [4.78, 5) is 2.20. The summed E-state index contributed by atoms with van der Waals surface area (Å²) >= 11 is 12.2. The summed E-state index contributed by atoms with van der Waals surface area (Å²) in [6.07, 6.45) is 0. The van der Waals surface area contributed by atoms with Crippen molar-refractivity contribution in [3.8, 4) is 0 Å². The first-order chi connectivity index (χ1) is 9.78. The van der Waals surface area contributed by atoms with Crippen molar-refractivity contribution in [1.29, 1.82) is 0 Å². The Morgan fingerprint density at radius 1 is 1.33 bits per heavy atom. The topological polar surface area (TPSA) is 66.6 Å². The summed E-state index contributed by atoms with van der Waals surface area (Å²) in [5.41, 5.74) is 6.06. The molecule has 0 saturated carbocycles. The summed E-state index contributed by atoms with van der Waals surface area (Å²) in [5, 5.41) is 0.504. The fraction of sp³-hybridized carbons (Fsp3) is 0.538. The maximum absolute atomic E-state index is 12.8. The number of nitrogens with zero attached hydrogens (tertiary/aromatic N) is 2. The molecule has 2 rings (SSSR count). The van der Waals surface area contributed by atoms with E-state index in [1.165, 1.54) is 16.4 Å². The largest absolute Gasteiger partial charge is 0.326 e. The van der Waals surface area contributed by atoms with Crippen molar-refractivity contribution in [2.24, 2.45) is 5.73 Å². The molecule has 1 heterocycles. The van der Waals surface area contributed by atoms with E-state index in [0.29, 0.717) is 30.2 Å². The molecule has 1 aromatic carbocycles. The van der Waals surface area contributed by atoms with Crippen molar-refractivity contribution in [2.45, 2.75) is 24.4 Å². The standard InChI is InChI=1S/C13H19Cl2N3O2S/c1-9-8-18(6-5-17(9)2)21(19,20)12-4-3-11(14)10(7-16)13(12)15/h3-4,9H,5-8,16H2,1-2H3. The molecule has 1 aliphatic rings. The summed E-state index contributed by atoms with van der Waals surface area (Å²) < 4.78 is 27.0. The first-order valence-electron chi connectivity index (χ1n) is 6.66. The molecular formula is C13H19Cl2N3O2S. The Labute approximate surface area is 135 Å². The van der Waals surface area contributed by atoms with Gasteiger partial charge in [-0.2, -0.15) is 4.31 Å². The minimum absolute atomic E-state index is 0.0748. The van der Waals surface area contributed by atoms with Gasteiger partial charge in [0.15, 0.2) is 0 Å². The fourth-order valence-corrected chi connectivity index (χ4v) is 4.75. The van der Waals surface area contributed by atoms with E-state index in [2.05, 4.69) is 4.90 Å². The SMILES string of the molecule is CC1CN(S(=O)(=O)c2ccc(Cl)c(CN)c2Cl)CCN1C. The van der Waals surface area contributed by atoms with Crippen LogP contribution in [0.1, 0.15) is 12.5 Å². The molecule has 21 heavy (non-hydrogen) atoms. The highest BCUT2D eigenvalue weighted by atomic mass is 35.5. The van der Waals surface area contributed by atoms with Crippen LogP contribution >= 0.6 is 23.2 Å². The quantitative estimate of drug-likeness (QED) is 0.901. The predicted molar refractivity (Wildman–Crippen MR) is 85.2 cm³/mol. The molecule has 118 valence electrons. The van der Waals surface area contributed by atoms with E-state index in [4.69, 9.17) is 28.9 Å². The van der Waals surface area contributed by atoms with Crippen molar-refractivity contribution in [3.63, 3.8) is 0 Å². The van der Waals surface area contributed by atoms with Crippen molar-refractivity contribution in [3.05, 3.63) is 27.7 Å². The maximum atomic E-state index is 12.8. The lowest BCUT2D eigenvalue weighted by molar-refractivity contribution is 0.159. The van der Waals surface area contributed by atoms with Gasteiger partial charge in [0.1, 0.15) is 4.90 Å². The van der Waals surface area contributed by atoms with E-state index in [9.17, 15) is 8.42 Å². The summed E-state index contributed by atoms with van der Waals surface area (Å²) in [7, 11) is -1.66. The van der Waals surface area contributed by atoms with Crippen LogP contribution in [0.5, 0.6) is 0 Å². The van der Waals surface area contributed by atoms with Gasteiger partial charge in [0.25, 0.3) is 0 Å². The van der Waals surface area contributed by atoms with Gasteiger partial charge in [-0.25, -0.2) is 8.42 Å². The van der Waals surface area contributed by atoms with Crippen LogP contribution in [0.15, 0.2) is 17.0 Å². The van der Waals surface area contributed by atoms with E-state index >= 15 is 0 Å².